The second kappa shape index (κ2) is 5.83. The second-order valence-electron chi connectivity index (χ2n) is 5.52. The van der Waals surface area contributed by atoms with Gasteiger partial charge in [-0.05, 0) is 37.8 Å². The first-order valence-electron chi connectivity index (χ1n) is 6.69. The molecule has 1 amide bonds. The molecule has 20 heavy (non-hydrogen) atoms. The highest BCUT2D eigenvalue weighted by Gasteiger charge is 2.50. The van der Waals surface area contributed by atoms with Crippen LogP contribution >= 0.6 is 11.6 Å². The molecule has 1 atom stereocenters. The number of nitrogens with one attached hydrogen (secondary N) is 1. The Kier molecular flexibility index (Phi) is 4.33. The van der Waals surface area contributed by atoms with Crippen molar-refractivity contribution in [1.82, 2.24) is 5.32 Å². The molecule has 0 bridgehead atoms. The van der Waals surface area contributed by atoms with Crippen molar-refractivity contribution in [2.45, 2.75) is 38.6 Å². The minimum absolute atomic E-state index is 0.0616. The SMILES string of the molecule is CC(CC(=O)O)NC(=O)C1(Cc2ccccc2Cl)CC1. The summed E-state index contributed by atoms with van der Waals surface area (Å²) in [6, 6.07) is 7.15. The maximum atomic E-state index is 12.3. The lowest BCUT2D eigenvalue weighted by molar-refractivity contribution is -0.137. The third-order valence-corrected chi connectivity index (χ3v) is 4.05. The Labute approximate surface area is 123 Å². The second-order valence-corrected chi connectivity index (χ2v) is 5.93. The number of amides is 1. The minimum Gasteiger partial charge on any atom is -0.481 e. The summed E-state index contributed by atoms with van der Waals surface area (Å²) >= 11 is 6.13. The van der Waals surface area contributed by atoms with E-state index in [0.29, 0.717) is 11.4 Å². The predicted octanol–water partition coefficient (Wildman–Crippen LogP) is 2.64. The van der Waals surface area contributed by atoms with E-state index < -0.39 is 11.4 Å². The number of carboxylic acid groups (broad SMARTS) is 1. The summed E-state index contributed by atoms with van der Waals surface area (Å²) in [4.78, 5) is 22.9. The molecule has 0 spiro atoms. The number of hydrogen-bond acceptors (Lipinski definition) is 2. The molecular formula is C15H18ClNO3. The van der Waals surface area contributed by atoms with Gasteiger partial charge in [-0.2, -0.15) is 0 Å². The molecule has 1 aliphatic carbocycles. The van der Waals surface area contributed by atoms with Gasteiger partial charge in [0.25, 0.3) is 0 Å². The van der Waals surface area contributed by atoms with Crippen LogP contribution in [0.4, 0.5) is 0 Å². The molecule has 5 heteroatoms. The van der Waals surface area contributed by atoms with E-state index in [-0.39, 0.29) is 18.4 Å². The van der Waals surface area contributed by atoms with Gasteiger partial charge >= 0.3 is 5.97 Å². The number of rotatable bonds is 6. The molecule has 0 saturated heterocycles. The van der Waals surface area contributed by atoms with Crippen molar-refractivity contribution < 1.29 is 14.7 Å². The van der Waals surface area contributed by atoms with Crippen LogP contribution in [0.2, 0.25) is 5.02 Å². The molecular weight excluding hydrogens is 278 g/mol. The molecule has 1 saturated carbocycles. The molecule has 2 rings (SSSR count). The maximum Gasteiger partial charge on any atom is 0.305 e. The predicted molar refractivity (Wildman–Crippen MR) is 76.7 cm³/mol. The van der Waals surface area contributed by atoms with Gasteiger partial charge in [-0.25, -0.2) is 0 Å². The molecule has 0 aromatic heterocycles. The van der Waals surface area contributed by atoms with Crippen molar-refractivity contribution >= 4 is 23.5 Å². The Morgan fingerprint density at radius 1 is 1.40 bits per heavy atom. The first kappa shape index (κ1) is 14.9. The van der Waals surface area contributed by atoms with E-state index in [1.54, 1.807) is 6.92 Å². The Morgan fingerprint density at radius 3 is 2.60 bits per heavy atom. The quantitative estimate of drug-likeness (QED) is 0.848. The first-order chi connectivity index (χ1) is 9.43. The van der Waals surface area contributed by atoms with Gasteiger partial charge in [0.05, 0.1) is 11.8 Å². The summed E-state index contributed by atoms with van der Waals surface area (Å²) in [5.41, 5.74) is 0.560. The van der Waals surface area contributed by atoms with Crippen molar-refractivity contribution in [3.05, 3.63) is 34.9 Å². The summed E-state index contributed by atoms with van der Waals surface area (Å²) in [5.74, 6) is -0.972. The molecule has 0 radical (unpaired) electrons. The lowest BCUT2D eigenvalue weighted by Gasteiger charge is -2.19. The van der Waals surface area contributed by atoms with Gasteiger partial charge in [0.1, 0.15) is 0 Å². The normalized spacial score (nSPS) is 17.3. The molecule has 0 aliphatic heterocycles. The van der Waals surface area contributed by atoms with Crippen LogP contribution in [-0.2, 0) is 16.0 Å². The lowest BCUT2D eigenvalue weighted by atomic mass is 9.95. The number of halogens is 1. The van der Waals surface area contributed by atoms with Gasteiger partial charge < -0.3 is 10.4 Å². The van der Waals surface area contributed by atoms with Gasteiger partial charge in [0.2, 0.25) is 5.91 Å². The number of hydrogen-bond donors (Lipinski definition) is 2. The largest absolute Gasteiger partial charge is 0.481 e. The zero-order valence-electron chi connectivity index (χ0n) is 11.4. The van der Waals surface area contributed by atoms with Crippen molar-refractivity contribution in [2.75, 3.05) is 0 Å². The molecule has 1 aromatic rings. The van der Waals surface area contributed by atoms with Gasteiger partial charge in [-0.15, -0.1) is 0 Å². The van der Waals surface area contributed by atoms with Crippen LogP contribution in [0.5, 0.6) is 0 Å². The van der Waals surface area contributed by atoms with Crippen LogP contribution in [0.1, 0.15) is 31.7 Å². The first-order valence-corrected chi connectivity index (χ1v) is 7.07. The van der Waals surface area contributed by atoms with Crippen LogP contribution in [0.3, 0.4) is 0 Å². The molecule has 0 heterocycles. The summed E-state index contributed by atoms with van der Waals surface area (Å²) in [7, 11) is 0. The van der Waals surface area contributed by atoms with E-state index in [1.807, 2.05) is 24.3 Å². The summed E-state index contributed by atoms with van der Waals surface area (Å²) in [6.45, 7) is 1.71. The van der Waals surface area contributed by atoms with E-state index in [9.17, 15) is 9.59 Å². The number of aliphatic carboxylic acids is 1. The highest BCUT2D eigenvalue weighted by molar-refractivity contribution is 6.31. The van der Waals surface area contributed by atoms with Crippen LogP contribution < -0.4 is 5.32 Å². The number of carbonyl (C=O) groups excluding carboxylic acids is 1. The molecule has 2 N–H and O–H groups in total. The zero-order valence-corrected chi connectivity index (χ0v) is 12.1. The van der Waals surface area contributed by atoms with E-state index in [2.05, 4.69) is 5.32 Å². The van der Waals surface area contributed by atoms with Gasteiger partial charge in [-0.3, -0.25) is 9.59 Å². The molecule has 108 valence electrons. The van der Waals surface area contributed by atoms with Gasteiger partial charge in [0.15, 0.2) is 0 Å². The number of carbonyl (C=O) groups is 2. The zero-order chi connectivity index (χ0) is 14.8. The summed E-state index contributed by atoms with van der Waals surface area (Å²) in [5, 5.41) is 12.2. The van der Waals surface area contributed by atoms with Crippen LogP contribution in [0.15, 0.2) is 24.3 Å². The molecule has 1 aromatic carbocycles. The van der Waals surface area contributed by atoms with Crippen LogP contribution in [0, 0.1) is 5.41 Å². The smallest absolute Gasteiger partial charge is 0.305 e. The molecule has 4 nitrogen and oxygen atoms in total. The van der Waals surface area contributed by atoms with E-state index in [4.69, 9.17) is 16.7 Å². The highest BCUT2D eigenvalue weighted by Crippen LogP contribution is 2.49. The van der Waals surface area contributed by atoms with E-state index in [0.717, 1.165) is 18.4 Å². The number of carboxylic acids is 1. The van der Waals surface area contributed by atoms with E-state index >= 15 is 0 Å². The Hall–Kier alpha value is -1.55. The Morgan fingerprint density at radius 2 is 2.05 bits per heavy atom. The van der Waals surface area contributed by atoms with Crippen molar-refractivity contribution in [3.63, 3.8) is 0 Å². The molecule has 1 aliphatic rings. The third kappa shape index (κ3) is 3.51. The van der Waals surface area contributed by atoms with Crippen molar-refractivity contribution in [3.8, 4) is 0 Å². The highest BCUT2D eigenvalue weighted by atomic mass is 35.5. The van der Waals surface area contributed by atoms with Crippen LogP contribution in [-0.4, -0.2) is 23.0 Å². The summed E-state index contributed by atoms with van der Waals surface area (Å²) < 4.78 is 0. The standard InChI is InChI=1S/C15H18ClNO3/c1-10(8-13(18)19)17-14(20)15(6-7-15)9-11-4-2-3-5-12(11)16/h2-5,10H,6-9H2,1H3,(H,17,20)(H,18,19). The van der Waals surface area contributed by atoms with E-state index in [1.165, 1.54) is 0 Å². The van der Waals surface area contributed by atoms with Gasteiger partial charge in [-0.1, -0.05) is 29.8 Å². The number of benzene rings is 1. The average molecular weight is 296 g/mol. The van der Waals surface area contributed by atoms with Crippen molar-refractivity contribution in [2.24, 2.45) is 5.41 Å². The summed E-state index contributed by atoms with van der Waals surface area (Å²) in [6.07, 6.45) is 2.19. The Balaban J connectivity index is 1.99. The topological polar surface area (TPSA) is 66.4 Å². The lowest BCUT2D eigenvalue weighted by Crippen LogP contribution is -2.40. The third-order valence-electron chi connectivity index (χ3n) is 3.68. The fraction of sp³-hybridized carbons (Fsp3) is 0.467. The molecule has 1 unspecified atom stereocenters. The fourth-order valence-electron chi connectivity index (χ4n) is 2.33. The maximum absolute atomic E-state index is 12.3. The minimum atomic E-state index is -0.909. The molecule has 1 fully saturated rings. The Bertz CT molecular complexity index is 526. The van der Waals surface area contributed by atoms with Crippen molar-refractivity contribution in [1.29, 1.82) is 0 Å². The van der Waals surface area contributed by atoms with Gasteiger partial charge in [0, 0.05) is 11.1 Å². The van der Waals surface area contributed by atoms with Crippen LogP contribution in [0.25, 0.3) is 0 Å². The average Bonchev–Trinajstić information content (AvgIpc) is 3.12. The fourth-order valence-corrected chi connectivity index (χ4v) is 2.53. The monoisotopic (exact) mass is 295 g/mol.